The number of amides is 2. The van der Waals surface area contributed by atoms with Crippen molar-refractivity contribution in [3.63, 3.8) is 0 Å². The Balaban J connectivity index is 1.61. The zero-order valence-corrected chi connectivity index (χ0v) is 25.5. The second-order valence-electron chi connectivity index (χ2n) is 10.1. The van der Waals surface area contributed by atoms with Crippen LogP contribution < -0.4 is 0 Å². The number of carbonyl (C=O) groups is 2. The van der Waals surface area contributed by atoms with Gasteiger partial charge in [-0.05, 0) is 56.4 Å². The quantitative estimate of drug-likeness (QED) is 0.127. The second kappa shape index (κ2) is 16.0. The molecule has 0 spiro atoms. The number of hydroxylamine groups is 2. The van der Waals surface area contributed by atoms with Crippen molar-refractivity contribution in [2.45, 2.75) is 87.3 Å². The lowest BCUT2D eigenvalue weighted by Gasteiger charge is -2.32. The Labute approximate surface area is 246 Å². The van der Waals surface area contributed by atoms with Gasteiger partial charge in [0, 0.05) is 45.5 Å². The van der Waals surface area contributed by atoms with Crippen LogP contribution in [0.5, 0.6) is 0 Å². The van der Waals surface area contributed by atoms with Gasteiger partial charge in [0.05, 0.1) is 6.61 Å². The van der Waals surface area contributed by atoms with Gasteiger partial charge in [-0.15, -0.1) is 8.94 Å². The van der Waals surface area contributed by atoms with E-state index in [4.69, 9.17) is 13.8 Å². The van der Waals surface area contributed by atoms with Gasteiger partial charge in [0.2, 0.25) is 0 Å². The Kier molecular flexibility index (Phi) is 12.4. The Hall–Kier alpha value is -1.81. The van der Waals surface area contributed by atoms with Crippen molar-refractivity contribution in [3.05, 3.63) is 60.7 Å². The van der Waals surface area contributed by atoms with Crippen LogP contribution in [0.15, 0.2) is 70.5 Å². The largest absolute Gasteiger partial charge is 0.520 e. The van der Waals surface area contributed by atoms with Crippen LogP contribution in [0.25, 0.3) is 0 Å². The number of hydrogen-bond donors (Lipinski definition) is 0. The molecule has 0 heterocycles. The van der Waals surface area contributed by atoms with Gasteiger partial charge in [-0.25, -0.2) is 4.57 Å². The van der Waals surface area contributed by atoms with Crippen molar-refractivity contribution in [1.29, 1.82) is 0 Å². The van der Waals surface area contributed by atoms with Crippen molar-refractivity contribution in [3.8, 4) is 0 Å². The molecule has 0 aromatic heterocycles. The van der Waals surface area contributed by atoms with Crippen LogP contribution in [-0.4, -0.2) is 27.4 Å². The monoisotopic (exact) mass is 606 g/mol. The molecule has 0 N–H and O–H groups in total. The van der Waals surface area contributed by atoms with Crippen LogP contribution in [0.3, 0.4) is 0 Å². The highest BCUT2D eigenvalue weighted by Crippen LogP contribution is 2.55. The topological polar surface area (TPSA) is 85.4 Å². The summed E-state index contributed by atoms with van der Waals surface area (Å²) in [5.74, 6) is -1.05. The smallest absolute Gasteiger partial charge is 0.284 e. The molecule has 4 rings (SSSR count). The summed E-state index contributed by atoms with van der Waals surface area (Å²) >= 11 is 2.07. The molecule has 40 heavy (non-hydrogen) atoms. The minimum absolute atomic E-state index is 0.0696. The fourth-order valence-electron chi connectivity index (χ4n) is 4.80. The number of nitrogens with zero attached hydrogens (tertiary/aromatic N) is 2. The minimum Gasteiger partial charge on any atom is -0.284 e. The third-order valence-electron chi connectivity index (χ3n) is 6.93. The lowest BCUT2D eigenvalue weighted by atomic mass is 9.89. The Bertz CT molecular complexity index is 1030. The summed E-state index contributed by atoms with van der Waals surface area (Å²) in [6.07, 6.45) is 9.51. The first kappa shape index (κ1) is 31.1. The molecule has 2 aliphatic carbocycles. The lowest BCUT2D eigenvalue weighted by molar-refractivity contribution is -0.158. The SMILES string of the molecule is CCCOP(=O)(ON(Sc1ccccc1)C(=O)C1CCCCC1)ON(Sc1ccccc1)C(=O)C1CCCCC1. The Morgan fingerprint density at radius 1 is 0.725 bits per heavy atom. The number of rotatable bonds is 13. The van der Waals surface area contributed by atoms with Gasteiger partial charge in [-0.2, -0.15) is 9.25 Å². The first-order valence-corrected chi connectivity index (χ1v) is 17.3. The van der Waals surface area contributed by atoms with Crippen LogP contribution in [0.1, 0.15) is 77.6 Å². The molecule has 2 aromatic carbocycles. The van der Waals surface area contributed by atoms with E-state index >= 15 is 0 Å². The summed E-state index contributed by atoms with van der Waals surface area (Å²) in [4.78, 5) is 28.8. The maximum atomic E-state index is 14.3. The predicted molar refractivity (Wildman–Crippen MR) is 157 cm³/mol. The van der Waals surface area contributed by atoms with Gasteiger partial charge < -0.3 is 0 Å². The van der Waals surface area contributed by atoms with Crippen LogP contribution in [0.4, 0.5) is 0 Å². The molecule has 0 aliphatic heterocycles. The molecule has 2 aromatic rings. The van der Waals surface area contributed by atoms with Gasteiger partial charge in [-0.3, -0.25) is 14.1 Å². The average Bonchev–Trinajstić information content (AvgIpc) is 3.00. The molecule has 2 amide bonds. The number of hydrogen-bond acceptors (Lipinski definition) is 8. The average molecular weight is 607 g/mol. The maximum Gasteiger partial charge on any atom is 0.520 e. The van der Waals surface area contributed by atoms with Crippen LogP contribution in [0.2, 0.25) is 0 Å². The summed E-state index contributed by atoms with van der Waals surface area (Å²) in [6, 6.07) is 18.6. The fourth-order valence-corrected chi connectivity index (χ4v) is 8.03. The molecule has 0 saturated heterocycles. The normalized spacial score (nSPS) is 16.9. The Morgan fingerprint density at radius 3 is 1.50 bits per heavy atom. The lowest BCUT2D eigenvalue weighted by Crippen LogP contribution is -2.35. The summed E-state index contributed by atoms with van der Waals surface area (Å²) in [5.41, 5.74) is 0. The first-order valence-electron chi connectivity index (χ1n) is 14.3. The Morgan fingerprint density at radius 2 is 1.12 bits per heavy atom. The molecule has 2 saturated carbocycles. The van der Waals surface area contributed by atoms with Gasteiger partial charge in [0.15, 0.2) is 0 Å². The van der Waals surface area contributed by atoms with Gasteiger partial charge in [0.1, 0.15) is 0 Å². The standard InChI is InChI=1S/C29H39N2O6PS2/c1-2-23-35-38(34,36-30(39-26-19-11-5-12-20-26)28(32)24-15-7-3-8-16-24)37-31(40-27-21-13-6-14-22-27)29(33)25-17-9-4-10-18-25/h5-6,11-14,19-22,24-25H,2-4,7-10,15-18,23H2,1H3. The van der Waals surface area contributed by atoms with Crippen LogP contribution in [-0.2, 0) is 27.9 Å². The molecule has 2 aliphatic rings. The molecule has 0 unspecified atom stereocenters. The van der Waals surface area contributed by atoms with E-state index in [-0.39, 0.29) is 30.3 Å². The van der Waals surface area contributed by atoms with Crippen molar-refractivity contribution in [2.75, 3.05) is 6.61 Å². The summed E-state index contributed by atoms with van der Waals surface area (Å²) < 4.78 is 33.9. The van der Waals surface area contributed by atoms with Crippen LogP contribution >= 0.6 is 31.7 Å². The molecule has 218 valence electrons. The first-order chi connectivity index (χ1) is 19.5. The maximum absolute atomic E-state index is 14.3. The van der Waals surface area contributed by atoms with Crippen molar-refractivity contribution >= 4 is 43.5 Å². The number of carbonyl (C=O) groups excluding carboxylic acids is 2. The zero-order valence-electron chi connectivity index (χ0n) is 23.0. The molecule has 0 radical (unpaired) electrons. The van der Waals surface area contributed by atoms with Gasteiger partial charge in [-0.1, -0.05) is 81.8 Å². The third kappa shape index (κ3) is 9.36. The van der Waals surface area contributed by atoms with E-state index in [1.807, 2.05) is 67.6 Å². The highest BCUT2D eigenvalue weighted by molar-refractivity contribution is 7.97. The highest BCUT2D eigenvalue weighted by atomic mass is 32.2. The van der Waals surface area contributed by atoms with E-state index in [9.17, 15) is 14.2 Å². The predicted octanol–water partition coefficient (Wildman–Crippen LogP) is 8.62. The number of phosphoric acid groups is 1. The molecule has 8 nitrogen and oxygen atoms in total. The molecule has 2 fully saturated rings. The van der Waals surface area contributed by atoms with E-state index in [1.54, 1.807) is 0 Å². The summed E-state index contributed by atoms with van der Waals surface area (Å²) in [6.45, 7) is 1.94. The van der Waals surface area contributed by atoms with Gasteiger partial charge >= 0.3 is 7.82 Å². The van der Waals surface area contributed by atoms with Crippen molar-refractivity contribution in [1.82, 2.24) is 8.94 Å². The molecular formula is C29H39N2O6PS2. The second-order valence-corrected chi connectivity index (χ2v) is 13.6. The third-order valence-corrected chi connectivity index (χ3v) is 10.2. The number of benzene rings is 2. The zero-order chi connectivity index (χ0) is 28.2. The van der Waals surface area contributed by atoms with Crippen molar-refractivity contribution in [2.24, 2.45) is 11.8 Å². The molecule has 11 heteroatoms. The molecule has 0 bridgehead atoms. The van der Waals surface area contributed by atoms with Crippen LogP contribution in [0, 0.1) is 11.8 Å². The van der Waals surface area contributed by atoms with E-state index < -0.39 is 7.82 Å². The molecular weight excluding hydrogens is 567 g/mol. The van der Waals surface area contributed by atoms with E-state index in [1.165, 1.54) is 0 Å². The highest BCUT2D eigenvalue weighted by Gasteiger charge is 2.41. The fraction of sp³-hybridized carbons (Fsp3) is 0.517. The minimum atomic E-state index is -4.46. The van der Waals surface area contributed by atoms with Gasteiger partial charge in [0.25, 0.3) is 11.8 Å². The van der Waals surface area contributed by atoms with E-state index in [0.717, 1.165) is 107 Å². The van der Waals surface area contributed by atoms with E-state index in [0.29, 0.717) is 6.42 Å². The molecule has 0 atom stereocenters. The summed E-state index contributed by atoms with van der Waals surface area (Å²) in [5, 5.41) is 0. The van der Waals surface area contributed by atoms with E-state index in [2.05, 4.69) is 0 Å². The summed E-state index contributed by atoms with van der Waals surface area (Å²) in [7, 11) is -4.46. The van der Waals surface area contributed by atoms with Crippen molar-refractivity contribution < 1.29 is 27.9 Å².